The van der Waals surface area contributed by atoms with E-state index < -0.39 is 0 Å². The maximum atomic E-state index is 11.6. The Morgan fingerprint density at radius 3 is 2.47 bits per heavy atom. The number of carbonyl (C=O) groups excluding carboxylic acids is 1. The molecule has 0 atom stereocenters. The van der Waals surface area contributed by atoms with Crippen LogP contribution in [0.1, 0.15) is 24.8 Å². The fourth-order valence-corrected chi connectivity index (χ4v) is 1.93. The number of carbonyl (C=O) groups is 1. The number of amides is 1. The van der Waals surface area contributed by atoms with Gasteiger partial charge in [0.1, 0.15) is 0 Å². The third-order valence-electron chi connectivity index (χ3n) is 3.19. The van der Waals surface area contributed by atoms with Crippen molar-refractivity contribution in [1.82, 2.24) is 5.32 Å². The molecule has 1 fully saturated rings. The molecular formula is C13H19ClN2O. The number of benzene rings is 1. The van der Waals surface area contributed by atoms with Gasteiger partial charge in [-0.15, -0.1) is 12.4 Å². The maximum absolute atomic E-state index is 11.6. The van der Waals surface area contributed by atoms with Crippen molar-refractivity contribution in [3.05, 3.63) is 35.9 Å². The zero-order valence-corrected chi connectivity index (χ0v) is 10.6. The first kappa shape index (κ1) is 14.0. The summed E-state index contributed by atoms with van der Waals surface area (Å²) >= 11 is 0. The average molecular weight is 255 g/mol. The van der Waals surface area contributed by atoms with Gasteiger partial charge in [0.2, 0.25) is 5.91 Å². The molecule has 0 aliphatic heterocycles. The largest absolute Gasteiger partial charge is 0.354 e. The third kappa shape index (κ3) is 4.02. The van der Waals surface area contributed by atoms with Crippen molar-refractivity contribution >= 4 is 18.3 Å². The van der Waals surface area contributed by atoms with Gasteiger partial charge in [0.15, 0.2) is 0 Å². The first-order chi connectivity index (χ1) is 7.68. The van der Waals surface area contributed by atoms with E-state index in [1.54, 1.807) is 0 Å². The summed E-state index contributed by atoms with van der Waals surface area (Å²) in [5, 5.41) is 2.91. The zero-order chi connectivity index (χ0) is 11.4. The topological polar surface area (TPSA) is 55.1 Å². The molecule has 1 aromatic carbocycles. The maximum Gasteiger partial charge on any atom is 0.224 e. The van der Waals surface area contributed by atoms with Gasteiger partial charge in [0.05, 0.1) is 6.42 Å². The van der Waals surface area contributed by atoms with Crippen LogP contribution >= 0.6 is 12.4 Å². The highest BCUT2D eigenvalue weighted by molar-refractivity contribution is 5.85. The van der Waals surface area contributed by atoms with E-state index >= 15 is 0 Å². The van der Waals surface area contributed by atoms with E-state index in [2.05, 4.69) is 5.32 Å². The number of hydrogen-bond acceptors (Lipinski definition) is 2. The van der Waals surface area contributed by atoms with E-state index in [4.69, 9.17) is 5.73 Å². The van der Waals surface area contributed by atoms with Gasteiger partial charge in [0.25, 0.3) is 0 Å². The highest BCUT2D eigenvalue weighted by atomic mass is 35.5. The number of rotatable bonds is 4. The molecule has 0 unspecified atom stereocenters. The lowest BCUT2D eigenvalue weighted by atomic mass is 9.78. The first-order valence-electron chi connectivity index (χ1n) is 5.77. The van der Waals surface area contributed by atoms with E-state index in [9.17, 15) is 4.79 Å². The SMILES string of the molecule is Cl.NC1(CNC(=O)Cc2ccccc2)CCC1. The predicted octanol–water partition coefficient (Wildman–Crippen LogP) is 1.65. The quantitative estimate of drug-likeness (QED) is 0.859. The van der Waals surface area contributed by atoms with Crippen LogP contribution in [0.5, 0.6) is 0 Å². The fourth-order valence-electron chi connectivity index (χ4n) is 1.93. The predicted molar refractivity (Wildman–Crippen MR) is 71.2 cm³/mol. The second kappa shape index (κ2) is 6.03. The molecule has 0 saturated heterocycles. The van der Waals surface area contributed by atoms with E-state index in [0.717, 1.165) is 18.4 Å². The molecule has 0 radical (unpaired) electrons. The minimum atomic E-state index is -0.133. The van der Waals surface area contributed by atoms with Crippen LogP contribution in [0.4, 0.5) is 0 Å². The van der Waals surface area contributed by atoms with E-state index in [1.807, 2.05) is 30.3 Å². The van der Waals surface area contributed by atoms with Crippen LogP contribution in [-0.4, -0.2) is 18.0 Å². The number of nitrogens with two attached hydrogens (primary N) is 1. The molecule has 2 rings (SSSR count). The molecule has 1 amide bonds. The van der Waals surface area contributed by atoms with Crippen molar-refractivity contribution < 1.29 is 4.79 Å². The minimum Gasteiger partial charge on any atom is -0.354 e. The first-order valence-corrected chi connectivity index (χ1v) is 5.77. The van der Waals surface area contributed by atoms with Crippen LogP contribution in [0.25, 0.3) is 0 Å². The molecule has 3 nitrogen and oxygen atoms in total. The van der Waals surface area contributed by atoms with Crippen molar-refractivity contribution in [3.63, 3.8) is 0 Å². The van der Waals surface area contributed by atoms with E-state index in [-0.39, 0.29) is 23.9 Å². The second-order valence-electron chi connectivity index (χ2n) is 4.66. The highest BCUT2D eigenvalue weighted by Crippen LogP contribution is 2.27. The summed E-state index contributed by atoms with van der Waals surface area (Å²) in [6, 6.07) is 9.75. The van der Waals surface area contributed by atoms with Crippen LogP contribution in [0.15, 0.2) is 30.3 Å². The smallest absolute Gasteiger partial charge is 0.224 e. The summed E-state index contributed by atoms with van der Waals surface area (Å²) in [7, 11) is 0. The van der Waals surface area contributed by atoms with Crippen LogP contribution in [0.2, 0.25) is 0 Å². The summed E-state index contributed by atoms with van der Waals surface area (Å²) in [6.45, 7) is 0.610. The Balaban J connectivity index is 0.00000144. The van der Waals surface area contributed by atoms with Crippen molar-refractivity contribution in [2.75, 3.05) is 6.54 Å². The summed E-state index contributed by atoms with van der Waals surface area (Å²) < 4.78 is 0. The van der Waals surface area contributed by atoms with Gasteiger partial charge < -0.3 is 11.1 Å². The molecule has 1 saturated carbocycles. The molecule has 4 heteroatoms. The number of halogens is 1. The molecule has 1 aliphatic carbocycles. The third-order valence-corrected chi connectivity index (χ3v) is 3.19. The standard InChI is InChI=1S/C13H18N2O.ClH/c14-13(7-4-8-13)10-15-12(16)9-11-5-2-1-3-6-11;/h1-3,5-6H,4,7-10,14H2,(H,15,16);1H. The van der Waals surface area contributed by atoms with Gasteiger partial charge in [-0.1, -0.05) is 30.3 Å². The molecule has 0 spiro atoms. The van der Waals surface area contributed by atoms with Crippen molar-refractivity contribution in [2.45, 2.75) is 31.2 Å². The number of nitrogens with one attached hydrogen (secondary N) is 1. The summed E-state index contributed by atoms with van der Waals surface area (Å²) in [6.07, 6.45) is 3.68. The summed E-state index contributed by atoms with van der Waals surface area (Å²) in [4.78, 5) is 11.6. The molecule has 0 aromatic heterocycles. The normalized spacial score (nSPS) is 16.5. The number of hydrogen-bond donors (Lipinski definition) is 2. The summed E-state index contributed by atoms with van der Waals surface area (Å²) in [5.74, 6) is 0.0583. The van der Waals surface area contributed by atoms with Gasteiger partial charge >= 0.3 is 0 Å². The lowest BCUT2D eigenvalue weighted by Gasteiger charge is -2.38. The molecule has 1 aliphatic rings. The average Bonchev–Trinajstić information content (AvgIpc) is 2.25. The van der Waals surface area contributed by atoms with Crippen LogP contribution in [0.3, 0.4) is 0 Å². The Morgan fingerprint density at radius 1 is 1.29 bits per heavy atom. The molecule has 0 bridgehead atoms. The van der Waals surface area contributed by atoms with Crippen molar-refractivity contribution in [1.29, 1.82) is 0 Å². The molecule has 94 valence electrons. The van der Waals surface area contributed by atoms with Crippen LogP contribution in [-0.2, 0) is 11.2 Å². The monoisotopic (exact) mass is 254 g/mol. The second-order valence-corrected chi connectivity index (χ2v) is 4.66. The Labute approximate surface area is 108 Å². The van der Waals surface area contributed by atoms with Crippen LogP contribution in [0, 0.1) is 0 Å². The van der Waals surface area contributed by atoms with Gasteiger partial charge in [-0.25, -0.2) is 0 Å². The molecule has 3 N–H and O–H groups in total. The highest BCUT2D eigenvalue weighted by Gasteiger charge is 2.32. The summed E-state index contributed by atoms with van der Waals surface area (Å²) in [5.41, 5.74) is 6.94. The molecule has 17 heavy (non-hydrogen) atoms. The van der Waals surface area contributed by atoms with E-state index in [0.29, 0.717) is 13.0 Å². The fraction of sp³-hybridized carbons (Fsp3) is 0.462. The zero-order valence-electron chi connectivity index (χ0n) is 9.82. The Hall–Kier alpha value is -1.06. The Morgan fingerprint density at radius 2 is 1.94 bits per heavy atom. The van der Waals surface area contributed by atoms with Crippen LogP contribution < -0.4 is 11.1 Å². The van der Waals surface area contributed by atoms with Crippen molar-refractivity contribution in [2.24, 2.45) is 5.73 Å². The van der Waals surface area contributed by atoms with Gasteiger partial charge in [0, 0.05) is 12.1 Å². The van der Waals surface area contributed by atoms with E-state index in [1.165, 1.54) is 6.42 Å². The van der Waals surface area contributed by atoms with Gasteiger partial charge in [-0.3, -0.25) is 4.79 Å². The minimum absolute atomic E-state index is 0. The Bertz CT molecular complexity index is 363. The van der Waals surface area contributed by atoms with Gasteiger partial charge in [-0.05, 0) is 24.8 Å². The molecule has 1 aromatic rings. The molecular weight excluding hydrogens is 236 g/mol. The van der Waals surface area contributed by atoms with Crippen molar-refractivity contribution in [3.8, 4) is 0 Å². The molecule has 0 heterocycles. The lowest BCUT2D eigenvalue weighted by molar-refractivity contribution is -0.120. The lowest BCUT2D eigenvalue weighted by Crippen LogP contribution is -2.55. The van der Waals surface area contributed by atoms with Gasteiger partial charge in [-0.2, -0.15) is 0 Å². The Kier molecular flexibility index (Phi) is 4.97.